The molecule has 0 radical (unpaired) electrons. The summed E-state index contributed by atoms with van der Waals surface area (Å²) in [7, 11) is 0. The molecule has 1 fully saturated rings. The second-order valence-electron chi connectivity index (χ2n) is 11.4. The molecule has 1 aliphatic rings. The zero-order valence-corrected chi connectivity index (χ0v) is 24.8. The summed E-state index contributed by atoms with van der Waals surface area (Å²) in [4.78, 5) is 36.0. The van der Waals surface area contributed by atoms with Crippen LogP contribution in [-0.2, 0) is 24.2 Å². The van der Waals surface area contributed by atoms with Crippen molar-refractivity contribution in [2.75, 3.05) is 0 Å². The zero-order chi connectivity index (χ0) is 30.8. The van der Waals surface area contributed by atoms with Crippen LogP contribution < -0.4 is 11.3 Å². The molecule has 0 atom stereocenters. The third-order valence-electron chi connectivity index (χ3n) is 8.51. The second-order valence-corrected chi connectivity index (χ2v) is 11.4. The molecule has 6 aromatic rings. The second kappa shape index (κ2) is 12.4. The number of hydrogen-bond acceptors (Lipinski definition) is 9. The van der Waals surface area contributed by atoms with Crippen molar-refractivity contribution < 1.29 is 9.26 Å². The van der Waals surface area contributed by atoms with Gasteiger partial charge in [0.15, 0.2) is 11.6 Å². The fourth-order valence-electron chi connectivity index (χ4n) is 6.34. The molecule has 0 unspecified atom stereocenters. The van der Waals surface area contributed by atoms with E-state index in [-0.39, 0.29) is 17.7 Å². The predicted molar refractivity (Wildman–Crippen MR) is 165 cm³/mol. The minimum atomic E-state index is -0.600. The maximum Gasteiger partial charge on any atom is 0.439 e. The van der Waals surface area contributed by atoms with Crippen LogP contribution in [0, 0.1) is 0 Å². The van der Waals surface area contributed by atoms with Crippen LogP contribution in [0.15, 0.2) is 75.3 Å². The first-order valence-electron chi connectivity index (χ1n) is 15.3. The number of ether oxygens (including phenoxy) is 1. The number of benzene rings is 2. The summed E-state index contributed by atoms with van der Waals surface area (Å²) in [5, 5.41) is 16.2. The fraction of sp³-hybridized carbons (Fsp3) is 0.344. The number of fused-ring (bicyclic) bond motifs is 1. The molecular formula is C32H33N9O4. The smallest absolute Gasteiger partial charge is 0.370 e. The SMILES string of the molecule is CCCc1c(Cc2ccc(-c3ccccc3-c3noc(=O)[nH]3)cc2)c(=O)n(C2CCC(OCc3nnc[nH]3)CC2)c2ncnn12. The molecule has 4 aromatic heterocycles. The van der Waals surface area contributed by atoms with E-state index in [0.29, 0.717) is 30.5 Å². The van der Waals surface area contributed by atoms with Gasteiger partial charge in [0.1, 0.15) is 19.3 Å². The van der Waals surface area contributed by atoms with Crippen molar-refractivity contribution in [3.8, 4) is 22.5 Å². The Bertz CT molecular complexity index is 2010. The number of hydrogen-bond donors (Lipinski definition) is 2. The standard InChI is InChI=1S/C32H33N9O4/c1-2-5-27-26(16-20-8-10-21(11-9-20)24-6-3-4-7-25(24)29-37-32(43)45-39-29)30(42)40(31-34-19-36-41(27)31)22-12-14-23(15-13-22)44-17-28-33-18-35-38-28/h3-4,6-11,18-19,22-23H,2,5,12-17H2,1H3,(H,33,35,38)(H,37,39,43). The van der Waals surface area contributed by atoms with E-state index in [2.05, 4.69) is 42.3 Å². The number of aromatic amines is 2. The van der Waals surface area contributed by atoms with Gasteiger partial charge in [0, 0.05) is 23.6 Å². The topological polar surface area (TPSA) is 162 Å². The van der Waals surface area contributed by atoms with Crippen LogP contribution >= 0.6 is 0 Å². The Morgan fingerprint density at radius 1 is 1.02 bits per heavy atom. The molecule has 1 aliphatic carbocycles. The quantitative estimate of drug-likeness (QED) is 0.232. The van der Waals surface area contributed by atoms with E-state index in [1.165, 1.54) is 6.33 Å². The van der Waals surface area contributed by atoms with Crippen LogP contribution in [0.2, 0.25) is 0 Å². The van der Waals surface area contributed by atoms with Crippen LogP contribution in [-0.4, -0.2) is 50.6 Å². The lowest BCUT2D eigenvalue weighted by molar-refractivity contribution is 0.00538. The number of nitrogens with one attached hydrogen (secondary N) is 2. The molecule has 13 nitrogen and oxygen atoms in total. The summed E-state index contributed by atoms with van der Waals surface area (Å²) in [6, 6.07) is 15.8. The molecule has 2 N–H and O–H groups in total. The Morgan fingerprint density at radius 3 is 2.53 bits per heavy atom. The van der Waals surface area contributed by atoms with Crippen molar-refractivity contribution in [3.63, 3.8) is 0 Å². The Hall–Kier alpha value is -5.17. The molecule has 2 aromatic carbocycles. The Kier molecular flexibility index (Phi) is 7.91. The van der Waals surface area contributed by atoms with Gasteiger partial charge in [-0.3, -0.25) is 18.9 Å². The molecule has 0 bridgehead atoms. The normalized spacial score (nSPS) is 16.8. The number of aromatic nitrogens is 9. The highest BCUT2D eigenvalue weighted by atomic mass is 16.5. The lowest BCUT2D eigenvalue weighted by Crippen LogP contribution is -2.35. The molecule has 4 heterocycles. The maximum absolute atomic E-state index is 14.3. The fourth-order valence-corrected chi connectivity index (χ4v) is 6.34. The van der Waals surface area contributed by atoms with Crippen molar-refractivity contribution in [1.29, 1.82) is 0 Å². The molecule has 45 heavy (non-hydrogen) atoms. The molecule has 1 saturated carbocycles. The third kappa shape index (κ3) is 5.74. The van der Waals surface area contributed by atoms with Crippen molar-refractivity contribution in [2.45, 2.75) is 70.6 Å². The number of nitrogens with zero attached hydrogens (tertiary/aromatic N) is 7. The molecule has 0 spiro atoms. The van der Waals surface area contributed by atoms with Crippen molar-refractivity contribution >= 4 is 5.78 Å². The monoisotopic (exact) mass is 607 g/mol. The first-order chi connectivity index (χ1) is 22.1. The molecule has 230 valence electrons. The van der Waals surface area contributed by atoms with Crippen LogP contribution in [0.5, 0.6) is 0 Å². The van der Waals surface area contributed by atoms with E-state index in [0.717, 1.165) is 72.0 Å². The van der Waals surface area contributed by atoms with Gasteiger partial charge in [0.05, 0.1) is 11.8 Å². The highest BCUT2D eigenvalue weighted by molar-refractivity contribution is 5.80. The summed E-state index contributed by atoms with van der Waals surface area (Å²) in [5.74, 6) is 1.08. The highest BCUT2D eigenvalue weighted by Crippen LogP contribution is 2.32. The molecule has 0 saturated heterocycles. The molecule has 0 aliphatic heterocycles. The van der Waals surface area contributed by atoms with E-state index < -0.39 is 5.76 Å². The number of H-pyrrole nitrogens is 2. The van der Waals surface area contributed by atoms with Gasteiger partial charge in [-0.1, -0.05) is 67.0 Å². The third-order valence-corrected chi connectivity index (χ3v) is 8.51. The minimum Gasteiger partial charge on any atom is -0.370 e. The van der Waals surface area contributed by atoms with Gasteiger partial charge in [0.2, 0.25) is 5.78 Å². The summed E-state index contributed by atoms with van der Waals surface area (Å²) in [6.07, 6.45) is 8.53. The summed E-state index contributed by atoms with van der Waals surface area (Å²) < 4.78 is 14.5. The summed E-state index contributed by atoms with van der Waals surface area (Å²) >= 11 is 0. The average Bonchev–Trinajstić information content (AvgIpc) is 3.86. The zero-order valence-electron chi connectivity index (χ0n) is 24.8. The Labute approximate surface area is 257 Å². The molecule has 13 heteroatoms. The van der Waals surface area contributed by atoms with Gasteiger partial charge in [-0.2, -0.15) is 10.1 Å². The number of aryl methyl sites for hydroxylation is 1. The van der Waals surface area contributed by atoms with Gasteiger partial charge < -0.3 is 9.72 Å². The van der Waals surface area contributed by atoms with Crippen molar-refractivity contribution in [2.24, 2.45) is 0 Å². The van der Waals surface area contributed by atoms with Crippen LogP contribution in [0.25, 0.3) is 28.3 Å². The van der Waals surface area contributed by atoms with E-state index >= 15 is 0 Å². The molecular weight excluding hydrogens is 574 g/mol. The minimum absolute atomic E-state index is 0.00519. The highest BCUT2D eigenvalue weighted by Gasteiger charge is 2.28. The van der Waals surface area contributed by atoms with Crippen LogP contribution in [0.4, 0.5) is 0 Å². The van der Waals surface area contributed by atoms with Crippen molar-refractivity contribution in [3.05, 3.63) is 105 Å². The Balaban J connectivity index is 1.17. The Morgan fingerprint density at radius 2 is 1.82 bits per heavy atom. The van der Waals surface area contributed by atoms with E-state index in [4.69, 9.17) is 9.26 Å². The summed E-state index contributed by atoms with van der Waals surface area (Å²) in [5.41, 5.74) is 5.28. The molecule has 0 amide bonds. The van der Waals surface area contributed by atoms with E-state index in [1.54, 1.807) is 6.33 Å². The van der Waals surface area contributed by atoms with E-state index in [1.807, 2.05) is 57.6 Å². The van der Waals surface area contributed by atoms with Gasteiger partial charge in [-0.05, 0) is 48.8 Å². The maximum atomic E-state index is 14.3. The van der Waals surface area contributed by atoms with Gasteiger partial charge in [-0.15, -0.1) is 10.2 Å². The van der Waals surface area contributed by atoms with Crippen LogP contribution in [0.1, 0.15) is 67.7 Å². The van der Waals surface area contributed by atoms with Crippen molar-refractivity contribution in [1.82, 2.24) is 44.5 Å². The summed E-state index contributed by atoms with van der Waals surface area (Å²) in [6.45, 7) is 2.50. The van der Waals surface area contributed by atoms with Gasteiger partial charge in [-0.25, -0.2) is 9.31 Å². The number of rotatable bonds is 10. The lowest BCUT2D eigenvalue weighted by Gasteiger charge is -2.30. The molecule has 7 rings (SSSR count). The predicted octanol–water partition coefficient (Wildman–Crippen LogP) is 4.26. The average molecular weight is 608 g/mol. The van der Waals surface area contributed by atoms with E-state index in [9.17, 15) is 9.59 Å². The van der Waals surface area contributed by atoms with Gasteiger partial charge >= 0.3 is 5.76 Å². The van der Waals surface area contributed by atoms with Crippen LogP contribution in [0.3, 0.4) is 0 Å². The lowest BCUT2D eigenvalue weighted by atomic mass is 9.92. The first-order valence-corrected chi connectivity index (χ1v) is 15.3. The first kappa shape index (κ1) is 28.6. The largest absolute Gasteiger partial charge is 0.439 e. The van der Waals surface area contributed by atoms with Gasteiger partial charge in [0.25, 0.3) is 5.56 Å².